The number of benzene rings is 1. The maximum atomic E-state index is 11.7. The van der Waals surface area contributed by atoms with Gasteiger partial charge in [0, 0.05) is 18.4 Å². The van der Waals surface area contributed by atoms with Crippen molar-refractivity contribution < 1.29 is 4.79 Å². The van der Waals surface area contributed by atoms with E-state index in [4.69, 9.17) is 5.26 Å². The Morgan fingerprint density at radius 3 is 2.89 bits per heavy atom. The standard InChI is InChI=1S/C15H19N3O/c1-3-4-8-17-15(19)13(10-16)11-18-14-7-5-6-12(2)9-14/h5-7,9,11,18H,3-4,8H2,1-2H3,(H,17,19)/b13-11-. The van der Waals surface area contributed by atoms with Crippen LogP contribution >= 0.6 is 0 Å². The molecule has 0 aliphatic heterocycles. The van der Waals surface area contributed by atoms with Crippen molar-refractivity contribution in [3.8, 4) is 6.07 Å². The van der Waals surface area contributed by atoms with Crippen molar-refractivity contribution in [2.45, 2.75) is 26.7 Å². The number of amides is 1. The van der Waals surface area contributed by atoms with Crippen molar-refractivity contribution in [1.29, 1.82) is 5.26 Å². The van der Waals surface area contributed by atoms with Crippen molar-refractivity contribution in [1.82, 2.24) is 5.32 Å². The van der Waals surface area contributed by atoms with Crippen LogP contribution in [0.25, 0.3) is 0 Å². The SMILES string of the molecule is CCCCNC(=O)/C(C#N)=C\Nc1cccc(C)c1. The molecule has 100 valence electrons. The van der Waals surface area contributed by atoms with E-state index in [0.717, 1.165) is 24.1 Å². The number of carbonyl (C=O) groups is 1. The summed E-state index contributed by atoms with van der Waals surface area (Å²) >= 11 is 0. The molecule has 1 aromatic rings. The first-order chi connectivity index (χ1) is 9.17. The molecule has 0 bridgehead atoms. The number of nitriles is 1. The predicted molar refractivity (Wildman–Crippen MR) is 76.4 cm³/mol. The highest BCUT2D eigenvalue weighted by molar-refractivity contribution is 5.97. The Morgan fingerprint density at radius 1 is 1.47 bits per heavy atom. The second-order valence-corrected chi connectivity index (χ2v) is 4.29. The van der Waals surface area contributed by atoms with Gasteiger partial charge in [0.1, 0.15) is 11.6 Å². The van der Waals surface area contributed by atoms with Gasteiger partial charge in [-0.2, -0.15) is 5.26 Å². The fourth-order valence-corrected chi connectivity index (χ4v) is 1.51. The summed E-state index contributed by atoms with van der Waals surface area (Å²) in [6.07, 6.45) is 3.36. The van der Waals surface area contributed by atoms with Gasteiger partial charge in [-0.15, -0.1) is 0 Å². The van der Waals surface area contributed by atoms with E-state index < -0.39 is 0 Å². The lowest BCUT2D eigenvalue weighted by atomic mass is 10.2. The van der Waals surface area contributed by atoms with Crippen LogP contribution in [-0.2, 0) is 4.79 Å². The molecule has 0 radical (unpaired) electrons. The van der Waals surface area contributed by atoms with Crippen molar-refractivity contribution in [2.24, 2.45) is 0 Å². The highest BCUT2D eigenvalue weighted by Gasteiger charge is 2.07. The molecular formula is C15H19N3O. The van der Waals surface area contributed by atoms with Crippen molar-refractivity contribution >= 4 is 11.6 Å². The molecule has 0 fully saturated rings. The summed E-state index contributed by atoms with van der Waals surface area (Å²) in [4.78, 5) is 11.7. The first kappa shape index (κ1) is 14.8. The lowest BCUT2D eigenvalue weighted by molar-refractivity contribution is -0.117. The quantitative estimate of drug-likeness (QED) is 0.468. The maximum absolute atomic E-state index is 11.7. The third-order valence-corrected chi connectivity index (χ3v) is 2.58. The van der Waals surface area contributed by atoms with Gasteiger partial charge in [-0.3, -0.25) is 4.79 Å². The van der Waals surface area contributed by atoms with E-state index in [1.54, 1.807) is 0 Å². The number of carbonyl (C=O) groups excluding carboxylic acids is 1. The summed E-state index contributed by atoms with van der Waals surface area (Å²) in [5.41, 5.74) is 2.05. The van der Waals surface area contributed by atoms with Crippen LogP contribution in [0.4, 0.5) is 5.69 Å². The summed E-state index contributed by atoms with van der Waals surface area (Å²) in [5.74, 6) is -0.337. The number of unbranched alkanes of at least 4 members (excludes halogenated alkanes) is 1. The fourth-order valence-electron chi connectivity index (χ4n) is 1.51. The van der Waals surface area contributed by atoms with Gasteiger partial charge in [-0.05, 0) is 31.0 Å². The molecular weight excluding hydrogens is 238 g/mol. The zero-order valence-electron chi connectivity index (χ0n) is 11.4. The molecule has 4 nitrogen and oxygen atoms in total. The normalized spacial score (nSPS) is 10.7. The zero-order chi connectivity index (χ0) is 14.1. The second-order valence-electron chi connectivity index (χ2n) is 4.29. The summed E-state index contributed by atoms with van der Waals surface area (Å²) in [7, 11) is 0. The number of hydrogen-bond donors (Lipinski definition) is 2. The molecule has 0 unspecified atom stereocenters. The van der Waals surface area contributed by atoms with Crippen molar-refractivity contribution in [3.63, 3.8) is 0 Å². The van der Waals surface area contributed by atoms with E-state index in [1.165, 1.54) is 6.20 Å². The van der Waals surface area contributed by atoms with Crippen molar-refractivity contribution in [2.75, 3.05) is 11.9 Å². The highest BCUT2D eigenvalue weighted by Crippen LogP contribution is 2.10. The minimum Gasteiger partial charge on any atom is -0.360 e. The molecule has 2 N–H and O–H groups in total. The number of hydrogen-bond acceptors (Lipinski definition) is 3. The monoisotopic (exact) mass is 257 g/mol. The molecule has 1 rings (SSSR count). The van der Waals surface area contributed by atoms with Gasteiger partial charge < -0.3 is 10.6 Å². The number of aryl methyl sites for hydroxylation is 1. The number of nitrogens with one attached hydrogen (secondary N) is 2. The molecule has 0 heterocycles. The van der Waals surface area contributed by atoms with Crippen LogP contribution in [0.15, 0.2) is 36.0 Å². The molecule has 0 spiro atoms. The second kappa shape index (κ2) is 7.93. The summed E-state index contributed by atoms with van der Waals surface area (Å²) in [5, 5.41) is 14.6. The van der Waals surface area contributed by atoms with E-state index >= 15 is 0 Å². The summed E-state index contributed by atoms with van der Waals surface area (Å²) in [6, 6.07) is 9.63. The van der Waals surface area contributed by atoms with Gasteiger partial charge in [0.05, 0.1) is 0 Å². The minimum absolute atomic E-state index is 0.0811. The summed E-state index contributed by atoms with van der Waals surface area (Å²) in [6.45, 7) is 4.63. The molecule has 0 saturated carbocycles. The Morgan fingerprint density at radius 2 is 2.26 bits per heavy atom. The van der Waals surface area contributed by atoms with Crippen molar-refractivity contribution in [3.05, 3.63) is 41.6 Å². The lowest BCUT2D eigenvalue weighted by Gasteiger charge is -2.05. The Balaban J connectivity index is 2.62. The van der Waals surface area contributed by atoms with Crippen LogP contribution in [0.2, 0.25) is 0 Å². The average molecular weight is 257 g/mol. The van der Waals surface area contributed by atoms with E-state index in [1.807, 2.05) is 44.2 Å². The Bertz CT molecular complexity index is 500. The van der Waals surface area contributed by atoms with Gasteiger partial charge >= 0.3 is 0 Å². The van der Waals surface area contributed by atoms with Crippen LogP contribution in [0.1, 0.15) is 25.3 Å². The van der Waals surface area contributed by atoms with E-state index in [0.29, 0.717) is 6.54 Å². The lowest BCUT2D eigenvalue weighted by Crippen LogP contribution is -2.25. The van der Waals surface area contributed by atoms with Gasteiger partial charge in [-0.25, -0.2) is 0 Å². The molecule has 0 aliphatic rings. The van der Waals surface area contributed by atoms with Gasteiger partial charge in [-0.1, -0.05) is 25.5 Å². The van der Waals surface area contributed by atoms with E-state index in [-0.39, 0.29) is 11.5 Å². The highest BCUT2D eigenvalue weighted by atomic mass is 16.1. The molecule has 19 heavy (non-hydrogen) atoms. The van der Waals surface area contributed by atoms with Crippen LogP contribution < -0.4 is 10.6 Å². The Labute approximate surface area is 114 Å². The molecule has 0 atom stereocenters. The predicted octanol–water partition coefficient (Wildman–Crippen LogP) is 2.73. The average Bonchev–Trinajstić information content (AvgIpc) is 2.40. The van der Waals surface area contributed by atoms with Crippen LogP contribution in [0.5, 0.6) is 0 Å². The van der Waals surface area contributed by atoms with Gasteiger partial charge in [0.25, 0.3) is 5.91 Å². The third kappa shape index (κ3) is 5.26. The third-order valence-electron chi connectivity index (χ3n) is 2.58. The van der Waals surface area contributed by atoms with Crippen LogP contribution in [0, 0.1) is 18.3 Å². The van der Waals surface area contributed by atoms with Crippen LogP contribution in [-0.4, -0.2) is 12.5 Å². The molecule has 1 amide bonds. The molecule has 0 aliphatic carbocycles. The molecule has 1 aromatic carbocycles. The summed E-state index contributed by atoms with van der Waals surface area (Å²) < 4.78 is 0. The van der Waals surface area contributed by atoms with Crippen LogP contribution in [0.3, 0.4) is 0 Å². The first-order valence-corrected chi connectivity index (χ1v) is 6.39. The number of anilines is 1. The van der Waals surface area contributed by atoms with E-state index in [9.17, 15) is 4.79 Å². The topological polar surface area (TPSA) is 64.9 Å². The largest absolute Gasteiger partial charge is 0.360 e. The molecule has 0 aromatic heterocycles. The zero-order valence-corrected chi connectivity index (χ0v) is 11.4. The minimum atomic E-state index is -0.337. The Kier molecular flexibility index (Phi) is 6.17. The molecule has 4 heteroatoms. The Hall–Kier alpha value is -2.28. The van der Waals surface area contributed by atoms with E-state index in [2.05, 4.69) is 10.6 Å². The smallest absolute Gasteiger partial charge is 0.263 e. The fraction of sp³-hybridized carbons (Fsp3) is 0.333. The van der Waals surface area contributed by atoms with Gasteiger partial charge in [0.15, 0.2) is 0 Å². The number of nitrogens with zero attached hydrogens (tertiary/aromatic N) is 1. The molecule has 0 saturated heterocycles. The maximum Gasteiger partial charge on any atom is 0.263 e. The number of rotatable bonds is 6. The van der Waals surface area contributed by atoms with Gasteiger partial charge in [0.2, 0.25) is 0 Å². The first-order valence-electron chi connectivity index (χ1n) is 6.39.